The van der Waals surface area contributed by atoms with E-state index in [1.807, 2.05) is 0 Å². The molecule has 0 aromatic heterocycles. The molecule has 1 aromatic rings. The van der Waals surface area contributed by atoms with Gasteiger partial charge in [0.1, 0.15) is 11.6 Å². The van der Waals surface area contributed by atoms with Crippen LogP contribution in [-0.4, -0.2) is 5.11 Å². The minimum atomic E-state index is -1.03. The molecular formula is C14H20F2O. The van der Waals surface area contributed by atoms with Crippen LogP contribution in [0.2, 0.25) is 0 Å². The molecule has 96 valence electrons. The average molecular weight is 242 g/mol. The van der Waals surface area contributed by atoms with Crippen molar-refractivity contribution < 1.29 is 13.9 Å². The standard InChI is InChI=1S/C14H20F2O/c1-2-3-4-5-6-10-13(17)14-11(15)8-7-9-12(14)16/h7-9,13,17H,2-6,10H2,1H3. The van der Waals surface area contributed by atoms with Crippen molar-refractivity contribution in [3.63, 3.8) is 0 Å². The molecule has 0 bridgehead atoms. The summed E-state index contributed by atoms with van der Waals surface area (Å²) in [6.07, 6.45) is 4.63. The van der Waals surface area contributed by atoms with Crippen LogP contribution in [0, 0.1) is 11.6 Å². The first kappa shape index (κ1) is 14.1. The Balaban J connectivity index is 2.44. The van der Waals surface area contributed by atoms with Crippen LogP contribution < -0.4 is 0 Å². The molecule has 0 amide bonds. The molecule has 0 radical (unpaired) electrons. The summed E-state index contributed by atoms with van der Waals surface area (Å²) < 4.78 is 26.7. The van der Waals surface area contributed by atoms with Gasteiger partial charge in [-0.15, -0.1) is 0 Å². The molecule has 3 heteroatoms. The highest BCUT2D eigenvalue weighted by Crippen LogP contribution is 2.25. The van der Waals surface area contributed by atoms with Gasteiger partial charge >= 0.3 is 0 Å². The zero-order valence-electron chi connectivity index (χ0n) is 10.3. The molecule has 0 aliphatic heterocycles. The SMILES string of the molecule is CCCCCCCC(O)c1c(F)cccc1F. The molecule has 1 nitrogen and oxygen atoms in total. The molecule has 0 aliphatic rings. The van der Waals surface area contributed by atoms with Gasteiger partial charge in [0.2, 0.25) is 0 Å². The van der Waals surface area contributed by atoms with Crippen molar-refractivity contribution >= 4 is 0 Å². The Morgan fingerprint density at radius 2 is 1.65 bits per heavy atom. The number of aliphatic hydroxyl groups excluding tert-OH is 1. The van der Waals surface area contributed by atoms with Gasteiger partial charge in [-0.1, -0.05) is 45.1 Å². The van der Waals surface area contributed by atoms with Gasteiger partial charge in [0.05, 0.1) is 11.7 Å². The Bertz CT molecular complexity index is 319. The summed E-state index contributed by atoms with van der Waals surface area (Å²) in [4.78, 5) is 0. The Morgan fingerprint density at radius 1 is 1.06 bits per heavy atom. The van der Waals surface area contributed by atoms with E-state index in [-0.39, 0.29) is 5.56 Å². The number of rotatable bonds is 7. The first-order valence-corrected chi connectivity index (χ1v) is 6.28. The molecule has 1 rings (SSSR count). The van der Waals surface area contributed by atoms with Crippen LogP contribution in [0.4, 0.5) is 8.78 Å². The maximum atomic E-state index is 13.3. The lowest BCUT2D eigenvalue weighted by atomic mass is 10.0. The van der Waals surface area contributed by atoms with Crippen LogP contribution in [0.3, 0.4) is 0 Å². The quantitative estimate of drug-likeness (QED) is 0.704. The molecule has 0 saturated carbocycles. The second kappa shape index (κ2) is 7.38. The van der Waals surface area contributed by atoms with Crippen LogP contribution in [-0.2, 0) is 0 Å². The van der Waals surface area contributed by atoms with Crippen molar-refractivity contribution in [2.45, 2.75) is 51.6 Å². The summed E-state index contributed by atoms with van der Waals surface area (Å²) in [5.41, 5.74) is -0.192. The van der Waals surface area contributed by atoms with E-state index in [9.17, 15) is 13.9 Å². The van der Waals surface area contributed by atoms with Crippen molar-refractivity contribution in [1.29, 1.82) is 0 Å². The van der Waals surface area contributed by atoms with Gasteiger partial charge in [-0.05, 0) is 18.6 Å². The van der Waals surface area contributed by atoms with Gasteiger partial charge in [0.15, 0.2) is 0 Å². The van der Waals surface area contributed by atoms with E-state index in [0.29, 0.717) is 6.42 Å². The maximum absolute atomic E-state index is 13.3. The van der Waals surface area contributed by atoms with Crippen molar-refractivity contribution in [2.24, 2.45) is 0 Å². The molecule has 0 spiro atoms. The van der Waals surface area contributed by atoms with E-state index in [4.69, 9.17) is 0 Å². The predicted molar refractivity (Wildman–Crippen MR) is 64.7 cm³/mol. The zero-order valence-corrected chi connectivity index (χ0v) is 10.3. The molecule has 1 N–H and O–H groups in total. The number of unbranched alkanes of at least 4 members (excludes halogenated alkanes) is 4. The summed E-state index contributed by atoms with van der Waals surface area (Å²) >= 11 is 0. The van der Waals surface area contributed by atoms with E-state index in [1.165, 1.54) is 24.6 Å². The molecule has 1 atom stereocenters. The molecule has 0 aliphatic carbocycles. The summed E-state index contributed by atoms with van der Waals surface area (Å²) in [5.74, 6) is -1.32. The summed E-state index contributed by atoms with van der Waals surface area (Å²) in [5, 5.41) is 9.76. The minimum absolute atomic E-state index is 0.192. The lowest BCUT2D eigenvalue weighted by Gasteiger charge is -2.12. The topological polar surface area (TPSA) is 20.2 Å². The van der Waals surface area contributed by atoms with Crippen LogP contribution in [0.1, 0.15) is 57.1 Å². The van der Waals surface area contributed by atoms with E-state index in [2.05, 4.69) is 6.92 Å². The number of aliphatic hydroxyl groups is 1. The van der Waals surface area contributed by atoms with E-state index < -0.39 is 17.7 Å². The van der Waals surface area contributed by atoms with Crippen molar-refractivity contribution in [3.05, 3.63) is 35.4 Å². The fourth-order valence-corrected chi connectivity index (χ4v) is 1.91. The van der Waals surface area contributed by atoms with Gasteiger partial charge in [-0.25, -0.2) is 8.78 Å². The Hall–Kier alpha value is -0.960. The minimum Gasteiger partial charge on any atom is -0.388 e. The van der Waals surface area contributed by atoms with E-state index >= 15 is 0 Å². The Kier molecular flexibility index (Phi) is 6.12. The fraction of sp³-hybridized carbons (Fsp3) is 0.571. The molecular weight excluding hydrogens is 222 g/mol. The lowest BCUT2D eigenvalue weighted by Crippen LogP contribution is -2.04. The molecule has 0 heterocycles. The Morgan fingerprint density at radius 3 is 2.24 bits per heavy atom. The Labute approximate surface area is 101 Å². The number of hydrogen-bond acceptors (Lipinski definition) is 1. The second-order valence-electron chi connectivity index (χ2n) is 4.35. The smallest absolute Gasteiger partial charge is 0.131 e. The molecule has 17 heavy (non-hydrogen) atoms. The van der Waals surface area contributed by atoms with Crippen LogP contribution in [0.25, 0.3) is 0 Å². The molecule has 0 saturated heterocycles. The third-order valence-electron chi connectivity index (χ3n) is 2.91. The maximum Gasteiger partial charge on any atom is 0.131 e. The molecule has 1 unspecified atom stereocenters. The molecule has 0 fully saturated rings. The van der Waals surface area contributed by atoms with Crippen LogP contribution in [0.5, 0.6) is 0 Å². The van der Waals surface area contributed by atoms with Crippen molar-refractivity contribution in [2.75, 3.05) is 0 Å². The predicted octanol–water partition coefficient (Wildman–Crippen LogP) is 4.36. The zero-order chi connectivity index (χ0) is 12.7. The van der Waals surface area contributed by atoms with Crippen LogP contribution in [0.15, 0.2) is 18.2 Å². The number of benzene rings is 1. The first-order chi connectivity index (χ1) is 8.16. The number of halogens is 2. The first-order valence-electron chi connectivity index (χ1n) is 6.28. The highest BCUT2D eigenvalue weighted by atomic mass is 19.1. The highest BCUT2D eigenvalue weighted by Gasteiger charge is 2.16. The van der Waals surface area contributed by atoms with Gasteiger partial charge in [-0.3, -0.25) is 0 Å². The van der Waals surface area contributed by atoms with E-state index in [1.54, 1.807) is 0 Å². The lowest BCUT2D eigenvalue weighted by molar-refractivity contribution is 0.154. The van der Waals surface area contributed by atoms with Gasteiger partial charge in [0.25, 0.3) is 0 Å². The number of hydrogen-bond donors (Lipinski definition) is 1. The van der Waals surface area contributed by atoms with Gasteiger partial charge in [0, 0.05) is 0 Å². The largest absolute Gasteiger partial charge is 0.388 e. The van der Waals surface area contributed by atoms with Gasteiger partial charge < -0.3 is 5.11 Å². The van der Waals surface area contributed by atoms with Gasteiger partial charge in [-0.2, -0.15) is 0 Å². The third-order valence-corrected chi connectivity index (χ3v) is 2.91. The van der Waals surface area contributed by atoms with Crippen LogP contribution >= 0.6 is 0 Å². The average Bonchev–Trinajstić information content (AvgIpc) is 2.28. The van der Waals surface area contributed by atoms with E-state index in [0.717, 1.165) is 25.7 Å². The highest BCUT2D eigenvalue weighted by molar-refractivity contribution is 5.21. The van der Waals surface area contributed by atoms with Crippen molar-refractivity contribution in [3.8, 4) is 0 Å². The monoisotopic (exact) mass is 242 g/mol. The summed E-state index contributed by atoms with van der Waals surface area (Å²) in [6, 6.07) is 3.67. The normalized spacial score (nSPS) is 12.7. The van der Waals surface area contributed by atoms with Crippen molar-refractivity contribution in [1.82, 2.24) is 0 Å². The second-order valence-corrected chi connectivity index (χ2v) is 4.35. The summed E-state index contributed by atoms with van der Waals surface area (Å²) in [7, 11) is 0. The third kappa shape index (κ3) is 4.43. The molecule has 1 aromatic carbocycles. The fourth-order valence-electron chi connectivity index (χ4n) is 1.91. The summed E-state index contributed by atoms with van der Waals surface area (Å²) in [6.45, 7) is 2.13.